The van der Waals surface area contributed by atoms with Gasteiger partial charge in [0.2, 0.25) is 0 Å². The second-order valence-electron chi connectivity index (χ2n) is 5.00. The lowest BCUT2D eigenvalue weighted by atomic mass is 10.1. The van der Waals surface area contributed by atoms with E-state index in [1.165, 1.54) is 0 Å². The maximum Gasteiger partial charge on any atom is 0.161 e. The fourth-order valence-electron chi connectivity index (χ4n) is 2.24. The van der Waals surface area contributed by atoms with E-state index >= 15 is 0 Å². The lowest BCUT2D eigenvalue weighted by Crippen LogP contribution is -2.02. The second-order valence-corrected chi connectivity index (χ2v) is 5.94. The molecule has 23 heavy (non-hydrogen) atoms. The molecule has 3 aromatic rings. The first-order valence-corrected chi connectivity index (χ1v) is 8.20. The first kappa shape index (κ1) is 15.4. The van der Waals surface area contributed by atoms with E-state index in [0.29, 0.717) is 6.61 Å². The molecule has 0 spiro atoms. The largest absolute Gasteiger partial charge is 0.493 e. The van der Waals surface area contributed by atoms with E-state index in [0.717, 1.165) is 39.9 Å². The van der Waals surface area contributed by atoms with E-state index in [1.807, 2.05) is 53.9 Å². The highest BCUT2D eigenvalue weighted by Gasteiger charge is 2.07. The van der Waals surface area contributed by atoms with E-state index in [9.17, 15) is 0 Å². The first-order chi connectivity index (χ1) is 11.3. The van der Waals surface area contributed by atoms with Crippen molar-refractivity contribution in [1.29, 1.82) is 0 Å². The van der Waals surface area contributed by atoms with E-state index in [-0.39, 0.29) is 0 Å². The fourth-order valence-corrected chi connectivity index (χ4v) is 3.03. The van der Waals surface area contributed by atoms with Crippen LogP contribution in [0.3, 0.4) is 0 Å². The average molecular weight is 326 g/mol. The molecule has 0 bridgehead atoms. The van der Waals surface area contributed by atoms with Gasteiger partial charge in [-0.1, -0.05) is 24.3 Å². The molecule has 1 aromatic heterocycles. The molecule has 2 N–H and O–H groups in total. The van der Waals surface area contributed by atoms with Crippen LogP contribution in [0.25, 0.3) is 11.3 Å². The van der Waals surface area contributed by atoms with Gasteiger partial charge in [-0.25, -0.2) is 4.98 Å². The third kappa shape index (κ3) is 3.81. The Morgan fingerprint density at radius 1 is 1.09 bits per heavy atom. The van der Waals surface area contributed by atoms with Crippen LogP contribution in [-0.4, -0.2) is 18.7 Å². The van der Waals surface area contributed by atoms with Crippen molar-refractivity contribution in [2.24, 2.45) is 0 Å². The van der Waals surface area contributed by atoms with Crippen LogP contribution in [-0.2, 0) is 6.42 Å². The number of hydrogen-bond acceptors (Lipinski definition) is 5. The molecule has 4 nitrogen and oxygen atoms in total. The third-order valence-corrected chi connectivity index (χ3v) is 4.29. The van der Waals surface area contributed by atoms with Gasteiger partial charge in [0.05, 0.1) is 24.4 Å². The van der Waals surface area contributed by atoms with Gasteiger partial charge in [-0.15, -0.1) is 11.3 Å². The number of aromatic nitrogens is 1. The zero-order valence-corrected chi connectivity index (χ0v) is 13.7. The summed E-state index contributed by atoms with van der Waals surface area (Å²) in [6.45, 7) is 0.560. The second kappa shape index (κ2) is 7.15. The Balaban J connectivity index is 1.61. The number of para-hydroxylation sites is 2. The Hall–Kier alpha value is -2.53. The molecule has 0 saturated carbocycles. The number of rotatable bonds is 6. The third-order valence-electron chi connectivity index (χ3n) is 3.38. The number of nitrogens with zero attached hydrogens (tertiary/aromatic N) is 1. The maximum atomic E-state index is 5.82. The minimum Gasteiger partial charge on any atom is -0.493 e. The molecule has 0 atom stereocenters. The summed E-state index contributed by atoms with van der Waals surface area (Å²) in [4.78, 5) is 4.65. The van der Waals surface area contributed by atoms with Crippen LogP contribution in [0.1, 0.15) is 5.01 Å². The van der Waals surface area contributed by atoms with Gasteiger partial charge < -0.3 is 15.2 Å². The summed E-state index contributed by atoms with van der Waals surface area (Å²) in [7, 11) is 1.64. The molecule has 1 heterocycles. The minimum absolute atomic E-state index is 0.560. The zero-order chi connectivity index (χ0) is 16.1. The van der Waals surface area contributed by atoms with Crippen LogP contribution in [0.5, 0.6) is 11.5 Å². The monoisotopic (exact) mass is 326 g/mol. The SMILES string of the molecule is COc1ccccc1OCCc1nc(-c2cccc(N)c2)cs1. The predicted molar refractivity (Wildman–Crippen MR) is 94.2 cm³/mol. The standard InChI is InChI=1S/C18H18N2O2S/c1-21-16-7-2-3-8-17(16)22-10-9-18-20-15(12-23-18)13-5-4-6-14(19)11-13/h2-8,11-12H,9-10,19H2,1H3. The first-order valence-electron chi connectivity index (χ1n) is 7.32. The van der Waals surface area contributed by atoms with Crippen molar-refractivity contribution in [3.05, 3.63) is 58.9 Å². The lowest BCUT2D eigenvalue weighted by Gasteiger charge is -2.09. The van der Waals surface area contributed by atoms with Gasteiger partial charge in [0.1, 0.15) is 0 Å². The molecule has 0 aliphatic heterocycles. The van der Waals surface area contributed by atoms with Crippen molar-refractivity contribution < 1.29 is 9.47 Å². The number of methoxy groups -OCH3 is 1. The number of benzene rings is 2. The minimum atomic E-state index is 0.560. The Labute approximate surface area is 139 Å². The molecule has 118 valence electrons. The number of ether oxygens (including phenoxy) is 2. The number of hydrogen-bond donors (Lipinski definition) is 1. The van der Waals surface area contributed by atoms with Gasteiger partial charge in [-0.05, 0) is 24.3 Å². The van der Waals surface area contributed by atoms with Crippen LogP contribution in [0.4, 0.5) is 5.69 Å². The number of nitrogens with two attached hydrogens (primary N) is 1. The Morgan fingerprint density at radius 2 is 1.91 bits per heavy atom. The van der Waals surface area contributed by atoms with Crippen molar-refractivity contribution in [1.82, 2.24) is 4.98 Å². The van der Waals surface area contributed by atoms with Crippen molar-refractivity contribution in [2.45, 2.75) is 6.42 Å². The summed E-state index contributed by atoms with van der Waals surface area (Å²) in [5.74, 6) is 1.50. The van der Waals surface area contributed by atoms with Gasteiger partial charge in [-0.2, -0.15) is 0 Å². The molecule has 0 unspecified atom stereocenters. The molecule has 0 fully saturated rings. The van der Waals surface area contributed by atoms with Crippen LogP contribution < -0.4 is 15.2 Å². The maximum absolute atomic E-state index is 5.82. The highest BCUT2D eigenvalue weighted by molar-refractivity contribution is 7.09. The Bertz CT molecular complexity index is 786. The Morgan fingerprint density at radius 3 is 2.70 bits per heavy atom. The van der Waals surface area contributed by atoms with Gasteiger partial charge in [0, 0.05) is 23.1 Å². The Kier molecular flexibility index (Phi) is 4.78. The normalized spacial score (nSPS) is 10.5. The number of anilines is 1. The summed E-state index contributed by atoms with van der Waals surface area (Å²) in [6, 6.07) is 15.4. The number of thiazole rings is 1. The molecule has 0 amide bonds. The molecule has 2 aromatic carbocycles. The summed E-state index contributed by atoms with van der Waals surface area (Å²) < 4.78 is 11.1. The van der Waals surface area contributed by atoms with Crippen LogP contribution in [0.2, 0.25) is 0 Å². The number of nitrogen functional groups attached to an aromatic ring is 1. The summed E-state index contributed by atoms with van der Waals surface area (Å²) >= 11 is 1.63. The van der Waals surface area contributed by atoms with Gasteiger partial charge in [0.25, 0.3) is 0 Å². The quantitative estimate of drug-likeness (QED) is 0.695. The van der Waals surface area contributed by atoms with Crippen LogP contribution >= 0.6 is 11.3 Å². The topological polar surface area (TPSA) is 57.4 Å². The highest BCUT2D eigenvalue weighted by atomic mass is 32.1. The van der Waals surface area contributed by atoms with Crippen molar-refractivity contribution in [3.63, 3.8) is 0 Å². The van der Waals surface area contributed by atoms with E-state index < -0.39 is 0 Å². The predicted octanol–water partition coefficient (Wildman–Crippen LogP) is 4.02. The van der Waals surface area contributed by atoms with Gasteiger partial charge in [0.15, 0.2) is 11.5 Å². The smallest absolute Gasteiger partial charge is 0.161 e. The van der Waals surface area contributed by atoms with Crippen LogP contribution in [0.15, 0.2) is 53.9 Å². The molecule has 3 rings (SSSR count). The van der Waals surface area contributed by atoms with E-state index in [4.69, 9.17) is 15.2 Å². The van der Waals surface area contributed by atoms with Gasteiger partial charge >= 0.3 is 0 Å². The molecule has 0 aliphatic rings. The molecule has 0 radical (unpaired) electrons. The fraction of sp³-hybridized carbons (Fsp3) is 0.167. The summed E-state index contributed by atoms with van der Waals surface area (Å²) in [5, 5.41) is 3.09. The highest BCUT2D eigenvalue weighted by Crippen LogP contribution is 2.27. The van der Waals surface area contributed by atoms with Crippen molar-refractivity contribution in [3.8, 4) is 22.8 Å². The lowest BCUT2D eigenvalue weighted by molar-refractivity contribution is 0.297. The summed E-state index contributed by atoms with van der Waals surface area (Å²) in [5.41, 5.74) is 8.56. The summed E-state index contributed by atoms with van der Waals surface area (Å²) in [6.07, 6.45) is 0.755. The molecular formula is C18H18N2O2S. The zero-order valence-electron chi connectivity index (χ0n) is 12.9. The molecule has 5 heteroatoms. The van der Waals surface area contributed by atoms with Gasteiger partial charge in [-0.3, -0.25) is 0 Å². The molecular weight excluding hydrogens is 308 g/mol. The average Bonchev–Trinajstić information content (AvgIpc) is 3.04. The van der Waals surface area contributed by atoms with E-state index in [2.05, 4.69) is 4.98 Å². The molecule has 0 aliphatic carbocycles. The van der Waals surface area contributed by atoms with Crippen molar-refractivity contribution in [2.75, 3.05) is 19.5 Å². The van der Waals surface area contributed by atoms with Crippen LogP contribution in [0, 0.1) is 0 Å². The molecule has 0 saturated heterocycles. The van der Waals surface area contributed by atoms with Crippen molar-refractivity contribution >= 4 is 17.0 Å². The van der Waals surface area contributed by atoms with E-state index in [1.54, 1.807) is 18.4 Å².